The van der Waals surface area contributed by atoms with Gasteiger partial charge >= 0.3 is 12.1 Å². The molecule has 1 atom stereocenters. The summed E-state index contributed by atoms with van der Waals surface area (Å²) in [6.45, 7) is 2.41. The van der Waals surface area contributed by atoms with E-state index in [4.69, 9.17) is 9.84 Å². The highest BCUT2D eigenvalue weighted by atomic mass is 16.6. The van der Waals surface area contributed by atoms with Crippen LogP contribution >= 0.6 is 0 Å². The fraction of sp³-hybridized carbons (Fsp3) is 0.800. The number of rotatable bonds is 3. The number of carbonyl (C=O) groups is 2. The number of hydrogen-bond acceptors (Lipinski definition) is 4. The molecular weight excluding hydrogens is 212 g/mol. The fourth-order valence-corrected chi connectivity index (χ4v) is 2.35. The van der Waals surface area contributed by atoms with Gasteiger partial charge in [-0.05, 0) is 7.05 Å². The van der Waals surface area contributed by atoms with Crippen LogP contribution in [0.1, 0.15) is 12.8 Å². The molecule has 0 radical (unpaired) electrons. The van der Waals surface area contributed by atoms with Gasteiger partial charge in [0, 0.05) is 26.1 Å². The minimum Gasteiger partial charge on any atom is -0.481 e. The molecule has 2 saturated heterocycles. The maximum atomic E-state index is 11.5. The van der Waals surface area contributed by atoms with Crippen LogP contribution in [-0.2, 0) is 9.53 Å². The predicted octanol–water partition coefficient (Wildman–Crippen LogP) is -0.0124. The first-order chi connectivity index (χ1) is 7.51. The molecule has 1 unspecified atom stereocenters. The molecule has 0 aliphatic carbocycles. The second kappa shape index (κ2) is 3.93. The summed E-state index contributed by atoms with van der Waals surface area (Å²) in [6, 6.07) is 0. The molecule has 2 fully saturated rings. The number of carboxylic acids is 1. The van der Waals surface area contributed by atoms with Crippen molar-refractivity contribution in [3.05, 3.63) is 0 Å². The predicted molar refractivity (Wildman–Crippen MR) is 55.2 cm³/mol. The molecule has 1 amide bonds. The Morgan fingerprint density at radius 3 is 2.88 bits per heavy atom. The summed E-state index contributed by atoms with van der Waals surface area (Å²) in [7, 11) is 1.99. The van der Waals surface area contributed by atoms with Gasteiger partial charge in [0.1, 0.15) is 5.60 Å². The van der Waals surface area contributed by atoms with E-state index in [1.807, 2.05) is 7.05 Å². The molecule has 6 heteroatoms. The van der Waals surface area contributed by atoms with Crippen LogP contribution in [0, 0.1) is 0 Å². The lowest BCUT2D eigenvalue weighted by Gasteiger charge is -2.20. The molecule has 1 spiro atoms. The minimum atomic E-state index is -0.891. The quantitative estimate of drug-likeness (QED) is 0.735. The van der Waals surface area contributed by atoms with Gasteiger partial charge in [-0.3, -0.25) is 4.79 Å². The van der Waals surface area contributed by atoms with Crippen LogP contribution < -0.4 is 0 Å². The molecule has 0 aromatic heterocycles. The van der Waals surface area contributed by atoms with Gasteiger partial charge in [-0.2, -0.15) is 0 Å². The molecule has 90 valence electrons. The maximum absolute atomic E-state index is 11.5. The highest BCUT2D eigenvalue weighted by Gasteiger charge is 2.48. The number of carbonyl (C=O) groups excluding carboxylic acids is 1. The summed E-state index contributed by atoms with van der Waals surface area (Å²) in [5, 5.41) is 8.57. The zero-order chi connectivity index (χ0) is 11.8. The number of ether oxygens (including phenoxy) is 1. The Balaban J connectivity index is 1.94. The number of likely N-dealkylation sites (tertiary alicyclic amines) is 1. The van der Waals surface area contributed by atoms with Gasteiger partial charge in [-0.15, -0.1) is 0 Å². The van der Waals surface area contributed by atoms with Crippen molar-refractivity contribution in [1.29, 1.82) is 0 Å². The average molecular weight is 228 g/mol. The first-order valence-corrected chi connectivity index (χ1v) is 5.39. The van der Waals surface area contributed by atoms with E-state index < -0.39 is 11.6 Å². The summed E-state index contributed by atoms with van der Waals surface area (Å²) < 4.78 is 5.38. The normalized spacial score (nSPS) is 30.1. The third-order valence-electron chi connectivity index (χ3n) is 3.14. The summed E-state index contributed by atoms with van der Waals surface area (Å²) in [6.07, 6.45) is 0.427. The molecule has 0 aromatic carbocycles. The van der Waals surface area contributed by atoms with E-state index in [1.165, 1.54) is 4.90 Å². The van der Waals surface area contributed by atoms with Gasteiger partial charge in [-0.25, -0.2) is 4.79 Å². The smallest absolute Gasteiger partial charge is 0.410 e. The molecule has 2 aliphatic rings. The lowest BCUT2D eigenvalue weighted by Crippen LogP contribution is -2.37. The SMILES string of the molecule is CN1CCC2(C1)CN(CCC(=O)O)C(=O)O2. The second-order valence-electron chi connectivity index (χ2n) is 4.60. The molecule has 0 saturated carbocycles. The van der Waals surface area contributed by atoms with E-state index in [0.717, 1.165) is 19.5 Å². The first-order valence-electron chi connectivity index (χ1n) is 5.39. The van der Waals surface area contributed by atoms with Crippen molar-refractivity contribution in [1.82, 2.24) is 9.80 Å². The van der Waals surface area contributed by atoms with Crippen LogP contribution in [0.2, 0.25) is 0 Å². The third-order valence-corrected chi connectivity index (χ3v) is 3.14. The van der Waals surface area contributed by atoms with Crippen molar-refractivity contribution >= 4 is 12.1 Å². The highest BCUT2D eigenvalue weighted by molar-refractivity contribution is 5.72. The van der Waals surface area contributed by atoms with Crippen LogP contribution in [0.5, 0.6) is 0 Å². The molecule has 2 rings (SSSR count). The Morgan fingerprint density at radius 1 is 1.56 bits per heavy atom. The number of hydrogen-bond donors (Lipinski definition) is 1. The molecule has 0 bridgehead atoms. The summed E-state index contributed by atoms with van der Waals surface area (Å²) in [5.41, 5.74) is -0.398. The van der Waals surface area contributed by atoms with E-state index in [-0.39, 0.29) is 19.1 Å². The molecule has 6 nitrogen and oxygen atoms in total. The number of likely N-dealkylation sites (N-methyl/N-ethyl adjacent to an activating group) is 1. The number of carboxylic acid groups (broad SMARTS) is 1. The summed E-state index contributed by atoms with van der Waals surface area (Å²) in [4.78, 5) is 25.6. The maximum Gasteiger partial charge on any atom is 0.410 e. The number of nitrogens with zero attached hydrogens (tertiary/aromatic N) is 2. The highest BCUT2D eigenvalue weighted by Crippen LogP contribution is 2.31. The molecule has 16 heavy (non-hydrogen) atoms. The molecule has 0 aromatic rings. The van der Waals surface area contributed by atoms with Gasteiger partial charge in [0.05, 0.1) is 13.0 Å². The fourth-order valence-electron chi connectivity index (χ4n) is 2.35. The van der Waals surface area contributed by atoms with E-state index in [2.05, 4.69) is 4.90 Å². The number of amides is 1. The van der Waals surface area contributed by atoms with Gasteiger partial charge in [0.15, 0.2) is 0 Å². The second-order valence-corrected chi connectivity index (χ2v) is 4.60. The number of aliphatic carboxylic acids is 1. The van der Waals surface area contributed by atoms with Crippen LogP contribution in [0.25, 0.3) is 0 Å². The van der Waals surface area contributed by atoms with Gasteiger partial charge in [0.25, 0.3) is 0 Å². The Morgan fingerprint density at radius 2 is 2.31 bits per heavy atom. The van der Waals surface area contributed by atoms with E-state index in [1.54, 1.807) is 0 Å². The zero-order valence-corrected chi connectivity index (χ0v) is 9.31. The Hall–Kier alpha value is -1.30. The molecule has 2 heterocycles. The third kappa shape index (κ3) is 2.11. The Kier molecular flexibility index (Phi) is 2.75. The minimum absolute atomic E-state index is 0.0268. The van der Waals surface area contributed by atoms with Crippen molar-refractivity contribution in [3.63, 3.8) is 0 Å². The molecule has 2 aliphatic heterocycles. The van der Waals surface area contributed by atoms with Crippen molar-refractivity contribution in [2.75, 3.05) is 33.2 Å². The van der Waals surface area contributed by atoms with Crippen LogP contribution in [-0.4, -0.2) is 65.8 Å². The van der Waals surface area contributed by atoms with Crippen LogP contribution in [0.3, 0.4) is 0 Å². The first kappa shape index (κ1) is 11.2. The summed E-state index contributed by atoms with van der Waals surface area (Å²) >= 11 is 0. The van der Waals surface area contributed by atoms with Gasteiger partial charge < -0.3 is 19.6 Å². The Labute approximate surface area is 93.8 Å². The van der Waals surface area contributed by atoms with Crippen molar-refractivity contribution < 1.29 is 19.4 Å². The standard InChI is InChI=1S/C10H16N2O4/c1-11-5-3-10(6-11)7-12(9(15)16-10)4-2-8(13)14/h2-7H2,1H3,(H,13,14). The van der Waals surface area contributed by atoms with Crippen molar-refractivity contribution in [2.45, 2.75) is 18.4 Å². The molecular formula is C10H16N2O4. The van der Waals surface area contributed by atoms with E-state index in [9.17, 15) is 9.59 Å². The monoisotopic (exact) mass is 228 g/mol. The average Bonchev–Trinajstić information content (AvgIpc) is 2.68. The van der Waals surface area contributed by atoms with Gasteiger partial charge in [0.2, 0.25) is 0 Å². The topological polar surface area (TPSA) is 70.1 Å². The summed E-state index contributed by atoms with van der Waals surface area (Å²) in [5.74, 6) is -0.891. The van der Waals surface area contributed by atoms with Crippen molar-refractivity contribution in [2.24, 2.45) is 0 Å². The van der Waals surface area contributed by atoms with Gasteiger partial charge in [-0.1, -0.05) is 0 Å². The molecule has 1 N–H and O–H groups in total. The zero-order valence-electron chi connectivity index (χ0n) is 9.31. The lowest BCUT2D eigenvalue weighted by atomic mass is 10.0. The van der Waals surface area contributed by atoms with E-state index >= 15 is 0 Å². The van der Waals surface area contributed by atoms with Crippen LogP contribution in [0.15, 0.2) is 0 Å². The lowest BCUT2D eigenvalue weighted by molar-refractivity contribution is -0.137. The van der Waals surface area contributed by atoms with Crippen LogP contribution in [0.4, 0.5) is 4.79 Å². The van der Waals surface area contributed by atoms with E-state index in [0.29, 0.717) is 6.54 Å². The largest absolute Gasteiger partial charge is 0.481 e. The Bertz CT molecular complexity index is 320. The van der Waals surface area contributed by atoms with Crippen molar-refractivity contribution in [3.8, 4) is 0 Å².